The van der Waals surface area contributed by atoms with Crippen molar-refractivity contribution in [3.8, 4) is 0 Å². The number of ether oxygens (including phenoxy) is 1. The van der Waals surface area contributed by atoms with Gasteiger partial charge in [0.15, 0.2) is 0 Å². The Kier molecular flexibility index (Phi) is 3.17. The Labute approximate surface area is 62.5 Å². The van der Waals surface area contributed by atoms with E-state index in [0.29, 0.717) is 0 Å². The fourth-order valence-electron chi connectivity index (χ4n) is 0.345. The molecule has 2 nitrogen and oxygen atoms in total. The van der Waals surface area contributed by atoms with Crippen LogP contribution in [-0.4, -0.2) is 31.4 Å². The first-order chi connectivity index (χ1) is 4.34. The zero-order valence-corrected chi connectivity index (χ0v) is 8.16. The molecule has 60 valence electrons. The van der Waals surface area contributed by atoms with Crippen LogP contribution in [0.15, 0.2) is 0 Å². The van der Waals surface area contributed by atoms with Crippen molar-refractivity contribution in [2.24, 2.45) is 0 Å². The summed E-state index contributed by atoms with van der Waals surface area (Å²) in [6, 6.07) is 0. The van der Waals surface area contributed by atoms with Crippen molar-refractivity contribution < 1.29 is 9.53 Å². The van der Waals surface area contributed by atoms with Gasteiger partial charge in [0, 0.05) is 6.92 Å². The first-order valence-corrected chi connectivity index (χ1v) is 6.31. The maximum absolute atomic E-state index is 10.5. The van der Waals surface area contributed by atoms with Crippen LogP contribution >= 0.6 is 6.89 Å². The molecule has 0 atom stereocenters. The Morgan fingerprint density at radius 2 is 1.60 bits per heavy atom. The normalized spacial score (nSPS) is 10.9. The Morgan fingerprint density at radius 3 is 1.70 bits per heavy atom. The van der Waals surface area contributed by atoms with Crippen molar-refractivity contribution in [3.05, 3.63) is 0 Å². The highest BCUT2D eigenvalue weighted by molar-refractivity contribution is 7.73. The second-order valence-corrected chi connectivity index (χ2v) is 7.78. The molecule has 0 aromatic heterocycles. The average Bonchev–Trinajstić information content (AvgIpc) is 1.60. The van der Waals surface area contributed by atoms with E-state index < -0.39 is 6.89 Å². The van der Waals surface area contributed by atoms with E-state index in [4.69, 9.17) is 4.74 Å². The van der Waals surface area contributed by atoms with Gasteiger partial charge in [-0.15, -0.1) is 0 Å². The van der Waals surface area contributed by atoms with E-state index in [1.807, 2.05) is 6.92 Å². The molecule has 0 saturated carbocycles. The molecule has 0 fully saturated rings. The summed E-state index contributed by atoms with van der Waals surface area (Å²) in [5.74, 6) is -0.215. The summed E-state index contributed by atoms with van der Waals surface area (Å²) in [5.41, 5.74) is 0.875. The molecular formula is C7H15O2P. The minimum atomic E-state index is -1.09. The molecule has 10 heavy (non-hydrogen) atoms. The fraction of sp³-hybridized carbons (Fsp3) is 0.714. The van der Waals surface area contributed by atoms with E-state index in [1.54, 1.807) is 0 Å². The summed E-state index contributed by atoms with van der Waals surface area (Å²) in [6.45, 7) is 8.56. The maximum Gasteiger partial charge on any atom is 0.307 e. The molecule has 0 aliphatic rings. The monoisotopic (exact) mass is 162 g/mol. The lowest BCUT2D eigenvalue weighted by Crippen LogP contribution is -2.06. The molecule has 0 aliphatic heterocycles. The SMILES string of the molecule is CC(=O)OC(C)=P(C)(C)C. The molecule has 0 heterocycles. The number of carbonyl (C=O) groups excluding carboxylic acids is 1. The van der Waals surface area contributed by atoms with Gasteiger partial charge in [-0.25, -0.2) is 0 Å². The fourth-order valence-corrected chi connectivity index (χ4v) is 0.747. The third-order valence-electron chi connectivity index (χ3n) is 1.24. The molecule has 0 unspecified atom stereocenters. The summed E-state index contributed by atoms with van der Waals surface area (Å²) < 4.78 is 4.94. The number of rotatable bonds is 1. The van der Waals surface area contributed by atoms with Gasteiger partial charge >= 0.3 is 5.97 Å². The van der Waals surface area contributed by atoms with Gasteiger partial charge in [0.2, 0.25) is 0 Å². The third kappa shape index (κ3) is 3.73. The van der Waals surface area contributed by atoms with E-state index in [2.05, 4.69) is 20.0 Å². The molecule has 0 aliphatic carbocycles. The van der Waals surface area contributed by atoms with Crippen LogP contribution in [0.5, 0.6) is 0 Å². The summed E-state index contributed by atoms with van der Waals surface area (Å²) in [5, 5.41) is 0. The van der Waals surface area contributed by atoms with Crippen molar-refractivity contribution in [3.63, 3.8) is 0 Å². The molecule has 0 aromatic carbocycles. The molecule has 0 N–H and O–H groups in total. The van der Waals surface area contributed by atoms with Crippen LogP contribution in [-0.2, 0) is 9.53 Å². The quantitative estimate of drug-likeness (QED) is 0.432. The van der Waals surface area contributed by atoms with Crippen LogP contribution in [0, 0.1) is 0 Å². The Balaban J connectivity index is 4.36. The van der Waals surface area contributed by atoms with Crippen LogP contribution in [0.3, 0.4) is 0 Å². The van der Waals surface area contributed by atoms with E-state index in [-0.39, 0.29) is 5.97 Å². The minimum Gasteiger partial charge on any atom is -0.432 e. The molecular weight excluding hydrogens is 147 g/mol. The zero-order chi connectivity index (χ0) is 8.36. The van der Waals surface area contributed by atoms with Gasteiger partial charge in [-0.3, -0.25) is 4.79 Å². The minimum absolute atomic E-state index is 0.215. The van der Waals surface area contributed by atoms with Crippen LogP contribution in [0.2, 0.25) is 0 Å². The van der Waals surface area contributed by atoms with Crippen molar-refractivity contribution in [2.45, 2.75) is 13.8 Å². The molecule has 0 radical (unpaired) electrons. The van der Waals surface area contributed by atoms with Gasteiger partial charge in [-0.05, 0) is 26.9 Å². The van der Waals surface area contributed by atoms with Gasteiger partial charge in [0.25, 0.3) is 0 Å². The summed E-state index contributed by atoms with van der Waals surface area (Å²) in [7, 11) is 0. The number of hydrogen-bond donors (Lipinski definition) is 0. The van der Waals surface area contributed by atoms with Crippen LogP contribution in [0.1, 0.15) is 13.8 Å². The Morgan fingerprint density at radius 1 is 1.20 bits per heavy atom. The standard InChI is InChI=1S/C7H15O2P/c1-6(8)9-7(2)10(3,4)5/h1-5H3. The van der Waals surface area contributed by atoms with Crippen LogP contribution < -0.4 is 0 Å². The topological polar surface area (TPSA) is 26.3 Å². The van der Waals surface area contributed by atoms with Crippen LogP contribution in [0.4, 0.5) is 0 Å². The highest BCUT2D eigenvalue weighted by Crippen LogP contribution is 2.35. The van der Waals surface area contributed by atoms with Gasteiger partial charge in [0.05, 0.1) is 5.48 Å². The van der Waals surface area contributed by atoms with Crippen molar-refractivity contribution in [1.29, 1.82) is 0 Å². The van der Waals surface area contributed by atoms with Gasteiger partial charge in [0.1, 0.15) is 0 Å². The highest BCUT2D eigenvalue weighted by Gasteiger charge is 2.04. The summed E-state index contributed by atoms with van der Waals surface area (Å²) >= 11 is 0. The number of esters is 1. The van der Waals surface area contributed by atoms with E-state index in [1.165, 1.54) is 6.92 Å². The predicted molar refractivity (Wildman–Crippen MR) is 47.1 cm³/mol. The second kappa shape index (κ2) is 3.25. The molecule has 0 bridgehead atoms. The summed E-state index contributed by atoms with van der Waals surface area (Å²) in [4.78, 5) is 10.5. The molecule has 0 rings (SSSR count). The number of hydrogen-bond acceptors (Lipinski definition) is 2. The third-order valence-corrected chi connectivity index (χ3v) is 3.22. The second-order valence-electron chi connectivity index (χ2n) is 3.13. The van der Waals surface area contributed by atoms with Gasteiger partial charge in [-0.2, -0.15) is 0 Å². The first-order valence-electron chi connectivity index (χ1n) is 3.18. The van der Waals surface area contributed by atoms with Crippen molar-refractivity contribution >= 4 is 18.3 Å². The predicted octanol–water partition coefficient (Wildman–Crippen LogP) is 1.61. The molecule has 0 saturated heterocycles. The molecule has 3 heteroatoms. The molecule has 0 aromatic rings. The number of carbonyl (C=O) groups is 1. The summed E-state index contributed by atoms with van der Waals surface area (Å²) in [6.07, 6.45) is 0. The van der Waals surface area contributed by atoms with E-state index in [9.17, 15) is 4.79 Å². The highest BCUT2D eigenvalue weighted by atomic mass is 31.2. The zero-order valence-electron chi connectivity index (χ0n) is 7.26. The van der Waals surface area contributed by atoms with E-state index in [0.717, 1.165) is 5.48 Å². The lowest BCUT2D eigenvalue weighted by molar-refractivity contribution is -0.132. The molecule has 0 amide bonds. The maximum atomic E-state index is 10.5. The Bertz CT molecular complexity index is 180. The van der Waals surface area contributed by atoms with Gasteiger partial charge < -0.3 is 4.74 Å². The first kappa shape index (κ1) is 9.77. The van der Waals surface area contributed by atoms with Crippen molar-refractivity contribution in [1.82, 2.24) is 0 Å². The average molecular weight is 162 g/mol. The van der Waals surface area contributed by atoms with Gasteiger partial charge in [-0.1, -0.05) is 6.89 Å². The smallest absolute Gasteiger partial charge is 0.307 e. The van der Waals surface area contributed by atoms with E-state index >= 15 is 0 Å². The Hall–Kier alpha value is -0.230. The molecule has 0 spiro atoms. The largest absolute Gasteiger partial charge is 0.432 e. The van der Waals surface area contributed by atoms with Crippen molar-refractivity contribution in [2.75, 3.05) is 20.0 Å². The van der Waals surface area contributed by atoms with Crippen LogP contribution in [0.25, 0.3) is 0 Å². The lowest BCUT2D eigenvalue weighted by Gasteiger charge is -2.12. The lowest BCUT2D eigenvalue weighted by atomic mass is 10.8.